The van der Waals surface area contributed by atoms with Gasteiger partial charge in [0.1, 0.15) is 16.4 Å². The van der Waals surface area contributed by atoms with E-state index in [1.807, 2.05) is 7.05 Å². The highest BCUT2D eigenvalue weighted by Gasteiger charge is 2.31. The van der Waals surface area contributed by atoms with Crippen LogP contribution in [0, 0.1) is 6.92 Å². The van der Waals surface area contributed by atoms with Crippen LogP contribution in [-0.4, -0.2) is 41.6 Å². The Bertz CT molecular complexity index is 1040. The van der Waals surface area contributed by atoms with Gasteiger partial charge < -0.3 is 20.1 Å². The number of anilines is 1. The molecular formula is C19H21ClN2O5S. The first kappa shape index (κ1) is 20.4. The van der Waals surface area contributed by atoms with Crippen molar-refractivity contribution in [2.45, 2.75) is 17.6 Å². The fourth-order valence-electron chi connectivity index (χ4n) is 3.03. The van der Waals surface area contributed by atoms with Gasteiger partial charge >= 0.3 is 5.97 Å². The number of methoxy groups -OCH3 is 1. The van der Waals surface area contributed by atoms with Gasteiger partial charge in [-0.15, -0.1) is 0 Å². The van der Waals surface area contributed by atoms with Gasteiger partial charge in [0.25, 0.3) is 0 Å². The number of nitrogens with one attached hydrogen (secondary N) is 2. The Kier molecular flexibility index (Phi) is 5.83. The lowest BCUT2D eigenvalue weighted by molar-refractivity contribution is 0.0600. The standard InChI is InChI=1S/C19H21ClN2O5S/c1-11-6-12(19(23)26-3)8-16-17(11)27-18-13(10-28(16,24)25)7-14(9-15(18)20)22-5-4-21-2/h6-9,21-22H,4-5,10H2,1-3H3. The molecule has 1 heterocycles. The molecule has 150 valence electrons. The van der Waals surface area contributed by atoms with Crippen LogP contribution in [0.4, 0.5) is 5.69 Å². The summed E-state index contributed by atoms with van der Waals surface area (Å²) in [5.74, 6) is -0.432. The predicted octanol–water partition coefficient (Wildman–Crippen LogP) is 3.15. The van der Waals surface area contributed by atoms with Gasteiger partial charge in [-0.3, -0.25) is 0 Å². The lowest BCUT2D eigenvalue weighted by Crippen LogP contribution is -2.17. The third-order valence-electron chi connectivity index (χ3n) is 4.37. The zero-order valence-electron chi connectivity index (χ0n) is 15.8. The van der Waals surface area contributed by atoms with Crippen molar-refractivity contribution >= 4 is 33.1 Å². The number of carbonyl (C=O) groups is 1. The number of esters is 1. The fraction of sp³-hybridized carbons (Fsp3) is 0.316. The molecular weight excluding hydrogens is 404 g/mol. The number of rotatable bonds is 5. The Labute approximate surface area is 168 Å². The molecule has 0 bridgehead atoms. The monoisotopic (exact) mass is 424 g/mol. The molecule has 0 amide bonds. The van der Waals surface area contributed by atoms with E-state index in [4.69, 9.17) is 21.1 Å². The van der Waals surface area contributed by atoms with Crippen molar-refractivity contribution < 1.29 is 22.7 Å². The van der Waals surface area contributed by atoms with Gasteiger partial charge in [-0.05, 0) is 43.8 Å². The minimum Gasteiger partial charge on any atom is -0.465 e. The Hall–Kier alpha value is -2.29. The first-order valence-electron chi connectivity index (χ1n) is 8.61. The summed E-state index contributed by atoms with van der Waals surface area (Å²) < 4.78 is 36.8. The minimum absolute atomic E-state index is 0.0511. The van der Waals surface area contributed by atoms with Crippen LogP contribution in [0.25, 0.3) is 0 Å². The van der Waals surface area contributed by atoms with E-state index in [1.165, 1.54) is 19.2 Å². The van der Waals surface area contributed by atoms with Crippen molar-refractivity contribution in [1.29, 1.82) is 0 Å². The van der Waals surface area contributed by atoms with E-state index in [2.05, 4.69) is 10.6 Å². The summed E-state index contributed by atoms with van der Waals surface area (Å²) in [4.78, 5) is 11.8. The van der Waals surface area contributed by atoms with Crippen LogP contribution in [0.2, 0.25) is 5.02 Å². The van der Waals surface area contributed by atoms with E-state index in [1.54, 1.807) is 19.1 Å². The summed E-state index contributed by atoms with van der Waals surface area (Å²) in [6.07, 6.45) is 0. The number of halogens is 1. The Morgan fingerprint density at radius 1 is 1.21 bits per heavy atom. The van der Waals surface area contributed by atoms with Crippen molar-refractivity contribution in [3.63, 3.8) is 0 Å². The molecule has 3 rings (SSSR count). The Morgan fingerprint density at radius 3 is 2.64 bits per heavy atom. The van der Waals surface area contributed by atoms with Crippen molar-refractivity contribution in [3.05, 3.63) is 46.0 Å². The quantitative estimate of drug-likeness (QED) is 0.562. The molecule has 0 spiro atoms. The van der Waals surface area contributed by atoms with Crippen LogP contribution < -0.4 is 15.4 Å². The molecule has 0 unspecified atom stereocenters. The number of aryl methyl sites for hydroxylation is 1. The molecule has 2 aromatic rings. The summed E-state index contributed by atoms with van der Waals surface area (Å²) in [5.41, 5.74) is 1.81. The highest BCUT2D eigenvalue weighted by Crippen LogP contribution is 2.44. The third kappa shape index (κ3) is 3.94. The lowest BCUT2D eigenvalue weighted by Gasteiger charge is -2.14. The summed E-state index contributed by atoms with van der Waals surface area (Å²) in [6, 6.07) is 6.24. The second-order valence-electron chi connectivity index (χ2n) is 6.45. The van der Waals surface area contributed by atoms with Crippen molar-refractivity contribution in [2.75, 3.05) is 32.6 Å². The summed E-state index contributed by atoms with van der Waals surface area (Å²) in [6.45, 7) is 3.07. The smallest absolute Gasteiger partial charge is 0.337 e. The summed E-state index contributed by atoms with van der Waals surface area (Å²) >= 11 is 6.40. The highest BCUT2D eigenvalue weighted by atomic mass is 35.5. The molecule has 1 aliphatic rings. The number of benzene rings is 2. The number of fused-ring (bicyclic) bond motifs is 2. The number of hydrogen-bond acceptors (Lipinski definition) is 7. The number of carbonyl (C=O) groups excluding carboxylic acids is 1. The molecule has 1 aliphatic heterocycles. The maximum absolute atomic E-state index is 13.0. The van der Waals surface area contributed by atoms with E-state index in [0.717, 1.165) is 6.54 Å². The van der Waals surface area contributed by atoms with Gasteiger partial charge in [0.15, 0.2) is 9.84 Å². The van der Waals surface area contributed by atoms with Crippen molar-refractivity contribution in [2.24, 2.45) is 0 Å². The van der Waals surface area contributed by atoms with E-state index in [-0.39, 0.29) is 22.0 Å². The molecule has 0 atom stereocenters. The van der Waals surface area contributed by atoms with Gasteiger partial charge in [0, 0.05) is 24.3 Å². The van der Waals surface area contributed by atoms with Gasteiger partial charge in [-0.25, -0.2) is 13.2 Å². The molecule has 9 heteroatoms. The van der Waals surface area contributed by atoms with Crippen molar-refractivity contribution in [1.82, 2.24) is 5.32 Å². The first-order valence-corrected chi connectivity index (χ1v) is 10.6. The van der Waals surface area contributed by atoms with Crippen LogP contribution in [0.5, 0.6) is 11.5 Å². The number of sulfone groups is 1. The van der Waals surface area contributed by atoms with E-state index in [9.17, 15) is 13.2 Å². The molecule has 7 nitrogen and oxygen atoms in total. The average molecular weight is 425 g/mol. The van der Waals surface area contributed by atoms with Crippen molar-refractivity contribution in [3.8, 4) is 11.5 Å². The fourth-order valence-corrected chi connectivity index (χ4v) is 4.88. The van der Waals surface area contributed by atoms with Gasteiger partial charge in [-0.2, -0.15) is 0 Å². The minimum atomic E-state index is -3.77. The number of hydrogen-bond donors (Lipinski definition) is 2. The van der Waals surface area contributed by atoms with E-state index < -0.39 is 15.8 Å². The maximum Gasteiger partial charge on any atom is 0.337 e. The molecule has 0 saturated carbocycles. The topological polar surface area (TPSA) is 93.7 Å². The summed E-state index contributed by atoms with van der Waals surface area (Å²) in [7, 11) is -0.685. The molecule has 0 aromatic heterocycles. The molecule has 0 fully saturated rings. The van der Waals surface area contributed by atoms with Crippen LogP contribution in [0.15, 0.2) is 29.2 Å². The second-order valence-corrected chi connectivity index (χ2v) is 8.81. The van der Waals surface area contributed by atoms with Gasteiger partial charge in [-0.1, -0.05) is 11.6 Å². The molecule has 0 radical (unpaired) electrons. The van der Waals surface area contributed by atoms with Crippen LogP contribution in [-0.2, 0) is 20.3 Å². The SMILES string of the molecule is CNCCNc1cc(Cl)c2c(c1)CS(=O)(=O)c1cc(C(=O)OC)cc(C)c1O2. The normalized spacial score (nSPS) is 14.3. The van der Waals surface area contributed by atoms with Crippen LogP contribution >= 0.6 is 11.6 Å². The predicted molar refractivity (Wildman–Crippen MR) is 107 cm³/mol. The first-order chi connectivity index (χ1) is 13.3. The van der Waals surface area contributed by atoms with Gasteiger partial charge in [0.2, 0.25) is 0 Å². The lowest BCUT2D eigenvalue weighted by atomic mass is 10.1. The maximum atomic E-state index is 13.0. The van der Waals surface area contributed by atoms with Gasteiger partial charge in [0.05, 0.1) is 23.4 Å². The summed E-state index contributed by atoms with van der Waals surface area (Å²) in [5, 5.41) is 6.52. The average Bonchev–Trinajstić information content (AvgIpc) is 2.75. The zero-order chi connectivity index (χ0) is 20.5. The van der Waals surface area contributed by atoms with Crippen LogP contribution in [0.3, 0.4) is 0 Å². The second kappa shape index (κ2) is 7.98. The number of likely N-dealkylation sites (N-methyl/N-ethyl adjacent to an activating group) is 1. The third-order valence-corrected chi connectivity index (χ3v) is 6.32. The zero-order valence-corrected chi connectivity index (χ0v) is 17.3. The Morgan fingerprint density at radius 2 is 1.96 bits per heavy atom. The van der Waals surface area contributed by atoms with E-state index in [0.29, 0.717) is 34.1 Å². The molecule has 0 aliphatic carbocycles. The molecule has 2 aromatic carbocycles. The Balaban J connectivity index is 2.10. The van der Waals surface area contributed by atoms with E-state index >= 15 is 0 Å². The molecule has 2 N–H and O–H groups in total. The number of ether oxygens (including phenoxy) is 2. The highest BCUT2D eigenvalue weighted by molar-refractivity contribution is 7.90. The van der Waals surface area contributed by atoms with Crippen LogP contribution in [0.1, 0.15) is 21.5 Å². The molecule has 0 saturated heterocycles. The molecule has 28 heavy (non-hydrogen) atoms. The largest absolute Gasteiger partial charge is 0.465 e.